The van der Waals surface area contributed by atoms with E-state index in [2.05, 4.69) is 11.8 Å². The molecule has 7 rings (SSSR count). The van der Waals surface area contributed by atoms with Crippen molar-refractivity contribution in [3.63, 3.8) is 0 Å². The molecule has 9 heteroatoms. The molecule has 3 heterocycles. The Balaban J connectivity index is 1.39. The van der Waals surface area contributed by atoms with Crippen LogP contribution < -0.4 is 0 Å². The Labute approximate surface area is 212 Å². The number of nitrogens with zero attached hydrogens (tertiary/aromatic N) is 1. The van der Waals surface area contributed by atoms with Gasteiger partial charge in [-0.3, -0.25) is 4.90 Å². The summed E-state index contributed by atoms with van der Waals surface area (Å²) in [6.45, 7) is 6.70. The highest BCUT2D eigenvalue weighted by Gasteiger charge is 2.88. The van der Waals surface area contributed by atoms with Crippen molar-refractivity contribution >= 4 is 0 Å². The van der Waals surface area contributed by atoms with E-state index in [1.807, 2.05) is 6.92 Å². The van der Waals surface area contributed by atoms with Crippen LogP contribution in [-0.2, 0) is 4.74 Å². The first-order chi connectivity index (χ1) is 16.6. The Bertz CT molecular complexity index is 995. The monoisotopic (exact) mass is 509 g/mol. The second kappa shape index (κ2) is 6.67. The van der Waals surface area contributed by atoms with Gasteiger partial charge in [0.1, 0.15) is 28.5 Å². The van der Waals surface area contributed by atoms with Crippen molar-refractivity contribution in [1.29, 1.82) is 0 Å². The van der Waals surface area contributed by atoms with E-state index in [1.165, 1.54) is 0 Å². The lowest BCUT2D eigenvalue weighted by molar-refractivity contribution is -0.354. The Morgan fingerprint density at radius 1 is 0.778 bits per heavy atom. The Kier molecular flexibility index (Phi) is 4.57. The maximum atomic E-state index is 12.7. The van der Waals surface area contributed by atoms with Gasteiger partial charge in [-0.2, -0.15) is 0 Å². The number of hydrogen-bond acceptors (Lipinski definition) is 9. The Hall–Kier alpha value is -0.360. The van der Waals surface area contributed by atoms with Crippen LogP contribution >= 0.6 is 0 Å². The summed E-state index contributed by atoms with van der Waals surface area (Å²) >= 11 is 0. The van der Waals surface area contributed by atoms with Crippen LogP contribution in [0.5, 0.6) is 0 Å². The molecule has 14 atom stereocenters. The molecule has 204 valence electrons. The fourth-order valence-corrected chi connectivity index (χ4v) is 11.3. The van der Waals surface area contributed by atoms with Crippen LogP contribution in [0.1, 0.15) is 72.1 Å². The topological polar surface area (TPSA) is 154 Å². The minimum Gasteiger partial charge on any atom is -0.390 e. The molecular formula is C27H43NO8. The van der Waals surface area contributed by atoms with Gasteiger partial charge in [0.05, 0.1) is 11.7 Å². The molecule has 0 aromatic rings. The Morgan fingerprint density at radius 3 is 2.19 bits per heavy atom. The molecule has 9 nitrogen and oxygen atoms in total. The van der Waals surface area contributed by atoms with Gasteiger partial charge in [-0.1, -0.05) is 13.8 Å². The summed E-state index contributed by atoms with van der Waals surface area (Å²) in [5, 5.41) is 83.2. The van der Waals surface area contributed by atoms with Gasteiger partial charge in [0.15, 0.2) is 5.79 Å². The van der Waals surface area contributed by atoms with Crippen LogP contribution in [-0.4, -0.2) is 106 Å². The molecule has 3 saturated heterocycles. The van der Waals surface area contributed by atoms with Crippen LogP contribution in [0.2, 0.25) is 0 Å². The van der Waals surface area contributed by atoms with Crippen LogP contribution in [0.4, 0.5) is 0 Å². The molecule has 0 unspecified atom stereocenters. The average molecular weight is 510 g/mol. The van der Waals surface area contributed by atoms with E-state index in [0.29, 0.717) is 44.6 Å². The lowest BCUT2D eigenvalue weighted by atomic mass is 9.49. The third-order valence-electron chi connectivity index (χ3n) is 13.1. The molecule has 4 aliphatic carbocycles. The number of fused-ring (bicyclic) bond motifs is 5. The van der Waals surface area contributed by atoms with Gasteiger partial charge in [0.2, 0.25) is 0 Å². The summed E-state index contributed by atoms with van der Waals surface area (Å²) in [6, 6.07) is -0.360. The molecule has 4 bridgehead atoms. The maximum Gasteiger partial charge on any atom is 0.196 e. The fourth-order valence-electron chi connectivity index (χ4n) is 11.3. The molecule has 7 N–H and O–H groups in total. The van der Waals surface area contributed by atoms with Crippen molar-refractivity contribution in [2.45, 2.75) is 124 Å². The van der Waals surface area contributed by atoms with E-state index in [4.69, 9.17) is 4.74 Å². The first kappa shape index (κ1) is 24.7. The number of hydrogen-bond donors (Lipinski definition) is 7. The van der Waals surface area contributed by atoms with Crippen LogP contribution in [0.15, 0.2) is 0 Å². The number of aliphatic hydroxyl groups is 7. The predicted molar refractivity (Wildman–Crippen MR) is 126 cm³/mol. The summed E-state index contributed by atoms with van der Waals surface area (Å²) in [7, 11) is 0. The number of rotatable bonds is 0. The second-order valence-electron chi connectivity index (χ2n) is 14.3. The highest BCUT2D eigenvalue weighted by Crippen LogP contribution is 2.78. The molecule has 0 radical (unpaired) electrons. The van der Waals surface area contributed by atoms with Crippen molar-refractivity contribution in [3.05, 3.63) is 0 Å². The van der Waals surface area contributed by atoms with Crippen LogP contribution in [0.25, 0.3) is 0 Å². The van der Waals surface area contributed by atoms with E-state index in [0.717, 1.165) is 6.42 Å². The number of aliphatic hydroxyl groups excluding tert-OH is 2. The van der Waals surface area contributed by atoms with Crippen molar-refractivity contribution in [1.82, 2.24) is 4.90 Å². The summed E-state index contributed by atoms with van der Waals surface area (Å²) < 4.78 is 6.52. The Morgan fingerprint density at radius 2 is 1.47 bits per heavy atom. The lowest BCUT2D eigenvalue weighted by Gasteiger charge is -2.68. The minimum absolute atomic E-state index is 0.0208. The molecule has 0 aromatic carbocycles. The lowest BCUT2D eigenvalue weighted by Crippen LogP contribution is -2.85. The summed E-state index contributed by atoms with van der Waals surface area (Å²) in [6.07, 6.45) is 0.752. The van der Waals surface area contributed by atoms with E-state index in [1.54, 1.807) is 6.92 Å². The molecule has 4 saturated carbocycles. The second-order valence-corrected chi connectivity index (χ2v) is 14.3. The van der Waals surface area contributed by atoms with Crippen molar-refractivity contribution in [2.24, 2.45) is 29.1 Å². The quantitative estimate of drug-likeness (QED) is 0.228. The van der Waals surface area contributed by atoms with Gasteiger partial charge in [-0.15, -0.1) is 0 Å². The minimum atomic E-state index is -2.02. The molecule has 0 aromatic heterocycles. The average Bonchev–Trinajstić information content (AvgIpc) is 2.97. The number of piperidine rings is 2. The van der Waals surface area contributed by atoms with Gasteiger partial charge >= 0.3 is 0 Å². The maximum absolute atomic E-state index is 12.7. The van der Waals surface area contributed by atoms with Gasteiger partial charge in [-0.05, 0) is 51.4 Å². The molecular weight excluding hydrogens is 466 g/mol. The third-order valence-corrected chi connectivity index (χ3v) is 13.1. The highest BCUT2D eigenvalue weighted by atomic mass is 16.7. The smallest absolute Gasteiger partial charge is 0.196 e. The summed E-state index contributed by atoms with van der Waals surface area (Å²) in [5.41, 5.74) is -9.07. The number of ether oxygens (including phenoxy) is 1. The molecule has 7 fully saturated rings. The zero-order chi connectivity index (χ0) is 25.9. The van der Waals surface area contributed by atoms with Gasteiger partial charge in [0.25, 0.3) is 0 Å². The molecule has 36 heavy (non-hydrogen) atoms. The zero-order valence-electron chi connectivity index (χ0n) is 21.6. The molecule has 3 aliphatic heterocycles. The molecule has 0 amide bonds. The van der Waals surface area contributed by atoms with Crippen molar-refractivity contribution in [3.8, 4) is 0 Å². The first-order valence-electron chi connectivity index (χ1n) is 14.0. The fraction of sp³-hybridized carbons (Fsp3) is 1.00. The SMILES string of the molecule is C[C@H]1CC[C@@H]2N(C1)C[C@@H]1[C@](O)([C@@H](O)C[C@@]3(O)[C@@H]4CC[C@@H]5[C@@]6(O)O[C@@]4(C[C@@]13O)[C@@]5(C)CC[C@@H]6O)[C@]2(C)O. The predicted octanol–water partition coefficient (Wildman–Crippen LogP) is -0.526. The normalized spacial score (nSPS) is 68.0. The van der Waals surface area contributed by atoms with Gasteiger partial charge < -0.3 is 40.5 Å². The van der Waals surface area contributed by atoms with Gasteiger partial charge in [0, 0.05) is 55.1 Å². The molecule has 1 spiro atoms. The van der Waals surface area contributed by atoms with E-state index >= 15 is 0 Å². The van der Waals surface area contributed by atoms with Crippen molar-refractivity contribution in [2.75, 3.05) is 13.1 Å². The first-order valence-corrected chi connectivity index (χ1v) is 14.0. The van der Waals surface area contributed by atoms with E-state index in [9.17, 15) is 35.7 Å². The van der Waals surface area contributed by atoms with Gasteiger partial charge in [-0.25, -0.2) is 0 Å². The van der Waals surface area contributed by atoms with Crippen molar-refractivity contribution < 1.29 is 40.5 Å². The van der Waals surface area contributed by atoms with Crippen LogP contribution in [0, 0.1) is 29.1 Å². The summed E-state index contributed by atoms with van der Waals surface area (Å²) in [4.78, 5) is 2.12. The zero-order valence-corrected chi connectivity index (χ0v) is 21.6. The third kappa shape index (κ3) is 2.27. The summed E-state index contributed by atoms with van der Waals surface area (Å²) in [5.74, 6) is -3.30. The van der Waals surface area contributed by atoms with E-state index < -0.39 is 63.3 Å². The highest BCUT2D eigenvalue weighted by molar-refractivity contribution is 5.37. The van der Waals surface area contributed by atoms with E-state index in [-0.39, 0.29) is 31.3 Å². The van der Waals surface area contributed by atoms with Crippen LogP contribution in [0.3, 0.4) is 0 Å². The standard InChI is InChI=1S/C27H43NO8/c1-14-4-7-18-22(3,31)26(34)17(12-28(18)11-14)24(33)13-25-16(23(24,32)10-20(26)30)6-5-15-21(25,2)9-8-19(29)27(15,35)36-25/h14-20,29-35H,4-13H2,1-3H3/t14-,15-,16-,17-,18-,19-,20-,21-,22+,23+,24+,25+,26-,27+/m0/s1. The molecule has 7 aliphatic rings. The largest absolute Gasteiger partial charge is 0.390 e.